The topological polar surface area (TPSA) is 105 Å². The van der Waals surface area contributed by atoms with Crippen LogP contribution in [0.4, 0.5) is 14.7 Å². The van der Waals surface area contributed by atoms with Crippen LogP contribution in [-0.2, 0) is 24.5 Å². The highest BCUT2D eigenvalue weighted by atomic mass is 35.5. The maximum Gasteiger partial charge on any atom is 0.339 e. The summed E-state index contributed by atoms with van der Waals surface area (Å²) in [5.74, 6) is -1.72. The van der Waals surface area contributed by atoms with Crippen molar-refractivity contribution in [3.05, 3.63) is 81.9 Å². The second-order valence-electron chi connectivity index (χ2n) is 8.91. The van der Waals surface area contributed by atoms with Crippen molar-refractivity contribution in [3.63, 3.8) is 0 Å². The molecule has 10 nitrogen and oxygen atoms in total. The first kappa shape index (κ1) is 26.7. The van der Waals surface area contributed by atoms with E-state index in [1.807, 2.05) is 4.90 Å². The Labute approximate surface area is 227 Å². The molecule has 1 fully saturated rings. The molecule has 5 rings (SSSR count). The Morgan fingerprint density at radius 3 is 2.62 bits per heavy atom. The minimum atomic E-state index is -0.745. The zero-order valence-electron chi connectivity index (χ0n) is 21.0. The molecule has 0 amide bonds. The minimum Gasteiger partial charge on any atom is -0.470 e. The molecule has 0 unspecified atom stereocenters. The van der Waals surface area contributed by atoms with Gasteiger partial charge < -0.3 is 23.9 Å². The number of pyridine rings is 1. The smallest absolute Gasteiger partial charge is 0.339 e. The number of aliphatic hydroxyl groups is 1. The molecule has 1 saturated heterocycles. The lowest BCUT2D eigenvalue weighted by Gasteiger charge is -2.34. The number of fused-ring (bicyclic) bond motifs is 1. The maximum absolute atomic E-state index is 14.3. The summed E-state index contributed by atoms with van der Waals surface area (Å²) in [7, 11) is 1.31. The third-order valence-electron chi connectivity index (χ3n) is 6.48. The highest BCUT2D eigenvalue weighted by molar-refractivity contribution is 6.30. The zero-order valence-corrected chi connectivity index (χ0v) is 21.7. The van der Waals surface area contributed by atoms with E-state index in [1.165, 1.54) is 19.2 Å². The van der Waals surface area contributed by atoms with Crippen LogP contribution in [0, 0.1) is 11.6 Å². The van der Waals surface area contributed by atoms with E-state index in [2.05, 4.69) is 19.9 Å². The number of carbonyl (C=O) groups is 1. The molecule has 0 radical (unpaired) electrons. The van der Waals surface area contributed by atoms with Gasteiger partial charge in [0, 0.05) is 49.5 Å². The van der Waals surface area contributed by atoms with Crippen molar-refractivity contribution >= 4 is 29.2 Å². The first-order valence-corrected chi connectivity index (χ1v) is 12.5. The number of rotatable bonds is 8. The van der Waals surface area contributed by atoms with Gasteiger partial charge in [0.25, 0.3) is 5.88 Å². The van der Waals surface area contributed by atoms with Crippen LogP contribution in [0.15, 0.2) is 42.7 Å². The van der Waals surface area contributed by atoms with Gasteiger partial charge in [0.05, 0.1) is 36.9 Å². The van der Waals surface area contributed by atoms with Crippen LogP contribution in [0.25, 0.3) is 5.65 Å². The van der Waals surface area contributed by atoms with E-state index >= 15 is 0 Å². The second-order valence-corrected chi connectivity index (χ2v) is 9.35. The third kappa shape index (κ3) is 5.77. The Morgan fingerprint density at radius 2 is 1.90 bits per heavy atom. The molecule has 1 aromatic carbocycles. The molecule has 0 spiro atoms. The van der Waals surface area contributed by atoms with Gasteiger partial charge in [-0.1, -0.05) is 17.7 Å². The van der Waals surface area contributed by atoms with E-state index in [4.69, 9.17) is 21.1 Å². The first-order chi connectivity index (χ1) is 18.9. The van der Waals surface area contributed by atoms with E-state index in [-0.39, 0.29) is 29.7 Å². The second kappa shape index (κ2) is 11.5. The number of hydrogen-bond donors (Lipinski definition) is 1. The molecule has 0 atom stereocenters. The summed E-state index contributed by atoms with van der Waals surface area (Å²) in [4.78, 5) is 28.9. The number of hydrogen-bond acceptors (Lipinski definition) is 9. The van der Waals surface area contributed by atoms with Gasteiger partial charge in [-0.05, 0) is 24.3 Å². The molecule has 1 aliphatic heterocycles. The summed E-state index contributed by atoms with van der Waals surface area (Å²) < 4.78 is 40.3. The van der Waals surface area contributed by atoms with Crippen LogP contribution in [0.5, 0.6) is 5.88 Å². The zero-order chi connectivity index (χ0) is 27.5. The number of aliphatic hydroxyl groups excluding tert-OH is 1. The summed E-state index contributed by atoms with van der Waals surface area (Å²) in [5, 5.41) is 10.3. The molecular formula is C26H25ClF2N6O4. The number of benzene rings is 1. The molecular weight excluding hydrogens is 534 g/mol. The van der Waals surface area contributed by atoms with E-state index < -0.39 is 17.6 Å². The van der Waals surface area contributed by atoms with Crippen LogP contribution in [0.2, 0.25) is 5.02 Å². The number of anilines is 1. The Hall–Kier alpha value is -3.87. The number of imidazole rings is 1. The molecule has 0 aliphatic carbocycles. The number of piperazine rings is 1. The fourth-order valence-electron chi connectivity index (χ4n) is 4.37. The van der Waals surface area contributed by atoms with Gasteiger partial charge in [-0.15, -0.1) is 0 Å². The first-order valence-electron chi connectivity index (χ1n) is 12.1. The van der Waals surface area contributed by atoms with Crippen molar-refractivity contribution < 1.29 is 28.2 Å². The highest BCUT2D eigenvalue weighted by Gasteiger charge is 2.23. The standard InChI is InChI=1S/C26H25ClF2N6O4/c1-38-25(37)16-3-5-23-31-21(22(14-36)35(23)12-16)13-33-6-8-34(9-7-33)26-30-11-20(29)24(32-26)39-15-17-2-4-18(27)10-19(17)28/h2-5,10-12,36H,6-9,13-15H2,1H3. The normalized spacial score (nSPS) is 14.1. The summed E-state index contributed by atoms with van der Waals surface area (Å²) in [6.07, 6.45) is 2.64. The van der Waals surface area contributed by atoms with Gasteiger partial charge in [-0.2, -0.15) is 9.37 Å². The molecule has 0 bridgehead atoms. The molecule has 1 aliphatic rings. The van der Waals surface area contributed by atoms with Crippen molar-refractivity contribution in [3.8, 4) is 5.88 Å². The Bertz CT molecular complexity index is 1510. The SMILES string of the molecule is COC(=O)c1ccc2nc(CN3CCN(c4ncc(F)c(OCc5ccc(Cl)cc5F)n4)CC3)c(CO)n2c1. The number of halogens is 3. The quantitative estimate of drug-likeness (QED) is 0.326. The van der Waals surface area contributed by atoms with Crippen molar-refractivity contribution in [2.75, 3.05) is 38.2 Å². The van der Waals surface area contributed by atoms with Crippen LogP contribution in [0.1, 0.15) is 27.3 Å². The Balaban J connectivity index is 1.23. The summed E-state index contributed by atoms with van der Waals surface area (Å²) in [5.41, 5.74) is 2.50. The molecule has 39 heavy (non-hydrogen) atoms. The molecule has 0 saturated carbocycles. The average molecular weight is 559 g/mol. The van der Waals surface area contributed by atoms with Gasteiger partial charge in [0.1, 0.15) is 18.1 Å². The lowest BCUT2D eigenvalue weighted by Crippen LogP contribution is -2.46. The number of carbonyl (C=O) groups excluding carboxylic acids is 1. The average Bonchev–Trinajstić information content (AvgIpc) is 3.29. The number of ether oxygens (including phenoxy) is 2. The minimum absolute atomic E-state index is 0.211. The maximum atomic E-state index is 14.3. The summed E-state index contributed by atoms with van der Waals surface area (Å²) in [6, 6.07) is 7.50. The van der Waals surface area contributed by atoms with E-state index in [9.17, 15) is 18.7 Å². The van der Waals surface area contributed by atoms with Crippen LogP contribution < -0.4 is 9.64 Å². The van der Waals surface area contributed by atoms with E-state index in [0.29, 0.717) is 61.3 Å². The van der Waals surface area contributed by atoms with Crippen LogP contribution in [0.3, 0.4) is 0 Å². The van der Waals surface area contributed by atoms with Gasteiger partial charge in [0.15, 0.2) is 0 Å². The Kier molecular flexibility index (Phi) is 7.87. The van der Waals surface area contributed by atoms with E-state index in [0.717, 1.165) is 12.3 Å². The predicted octanol–water partition coefficient (Wildman–Crippen LogP) is 3.24. The van der Waals surface area contributed by atoms with E-state index in [1.54, 1.807) is 22.7 Å². The van der Waals surface area contributed by atoms with Crippen molar-refractivity contribution in [2.45, 2.75) is 19.8 Å². The fraction of sp³-hybridized carbons (Fsp3) is 0.308. The number of aromatic nitrogens is 4. The van der Waals surface area contributed by atoms with Gasteiger partial charge in [-0.3, -0.25) is 4.90 Å². The lowest BCUT2D eigenvalue weighted by atomic mass is 10.2. The Morgan fingerprint density at radius 1 is 1.10 bits per heavy atom. The summed E-state index contributed by atoms with van der Waals surface area (Å²) >= 11 is 5.77. The lowest BCUT2D eigenvalue weighted by molar-refractivity contribution is 0.0600. The van der Waals surface area contributed by atoms with Gasteiger partial charge in [-0.25, -0.2) is 19.2 Å². The number of methoxy groups -OCH3 is 1. The monoisotopic (exact) mass is 558 g/mol. The number of nitrogens with zero attached hydrogens (tertiary/aromatic N) is 6. The molecule has 4 aromatic rings. The van der Waals surface area contributed by atoms with Crippen LogP contribution in [-0.4, -0.2) is 68.6 Å². The molecule has 3 aromatic heterocycles. The predicted molar refractivity (Wildman–Crippen MR) is 138 cm³/mol. The third-order valence-corrected chi connectivity index (χ3v) is 6.71. The van der Waals surface area contributed by atoms with Gasteiger partial charge >= 0.3 is 5.97 Å². The largest absolute Gasteiger partial charge is 0.470 e. The molecule has 13 heteroatoms. The summed E-state index contributed by atoms with van der Waals surface area (Å²) in [6.45, 7) is 2.43. The molecule has 1 N–H and O–H groups in total. The number of esters is 1. The molecule has 204 valence electrons. The van der Waals surface area contributed by atoms with Crippen molar-refractivity contribution in [1.82, 2.24) is 24.3 Å². The van der Waals surface area contributed by atoms with Crippen molar-refractivity contribution in [1.29, 1.82) is 0 Å². The van der Waals surface area contributed by atoms with Crippen LogP contribution >= 0.6 is 11.6 Å². The highest BCUT2D eigenvalue weighted by Crippen LogP contribution is 2.22. The molecule has 4 heterocycles. The fourth-order valence-corrected chi connectivity index (χ4v) is 4.53. The van der Waals surface area contributed by atoms with Crippen molar-refractivity contribution in [2.24, 2.45) is 0 Å². The van der Waals surface area contributed by atoms with Gasteiger partial charge in [0.2, 0.25) is 11.8 Å².